The second-order valence-corrected chi connectivity index (χ2v) is 17.2. The van der Waals surface area contributed by atoms with Crippen molar-refractivity contribution < 1.29 is 0 Å². The molecule has 13 aromatic rings. The molecule has 318 valence electrons. The van der Waals surface area contributed by atoms with Gasteiger partial charge in [0.15, 0.2) is 11.6 Å². The molecular weight excluding hydrogens is 827 g/mol. The second kappa shape index (κ2) is 16.4. The third-order valence-electron chi connectivity index (χ3n) is 13.2. The molecule has 3 heterocycles. The lowest BCUT2D eigenvalue weighted by molar-refractivity contribution is 0.953. The molecule has 68 heavy (non-hydrogen) atoms. The van der Waals surface area contributed by atoms with E-state index in [4.69, 9.17) is 15.0 Å². The summed E-state index contributed by atoms with van der Waals surface area (Å²) in [6.07, 6.45) is 0. The topological polar surface area (TPSA) is 48.5 Å². The average molecular weight is 868 g/mol. The molecule has 5 nitrogen and oxygen atoms in total. The Morgan fingerprint density at radius 1 is 0.235 bits per heavy atom. The number of aromatic nitrogens is 5. The van der Waals surface area contributed by atoms with Crippen LogP contribution in [0.25, 0.3) is 123 Å². The van der Waals surface area contributed by atoms with Crippen LogP contribution in [0, 0.1) is 0 Å². The fourth-order valence-electron chi connectivity index (χ4n) is 9.93. The lowest BCUT2D eigenvalue weighted by Crippen LogP contribution is -2.06. The molecule has 0 saturated heterocycles. The molecule has 0 bridgehead atoms. The minimum absolute atomic E-state index is 0.550. The molecule has 0 unspecified atom stereocenters. The van der Waals surface area contributed by atoms with Crippen LogP contribution in [-0.2, 0) is 0 Å². The van der Waals surface area contributed by atoms with Crippen LogP contribution in [-0.4, -0.2) is 24.1 Å². The molecular formula is C63H41N5. The molecule has 0 radical (unpaired) electrons. The Morgan fingerprint density at radius 2 is 0.662 bits per heavy atom. The van der Waals surface area contributed by atoms with Gasteiger partial charge in [0.25, 0.3) is 0 Å². The number of hydrogen-bond donors (Lipinski definition) is 0. The molecule has 0 aliphatic rings. The Morgan fingerprint density at radius 3 is 1.28 bits per heavy atom. The number of nitrogens with zero attached hydrogens (tertiary/aromatic N) is 5. The van der Waals surface area contributed by atoms with Gasteiger partial charge in [0.1, 0.15) is 0 Å². The van der Waals surface area contributed by atoms with Crippen LogP contribution in [0.1, 0.15) is 0 Å². The van der Waals surface area contributed by atoms with Gasteiger partial charge < -0.3 is 4.57 Å². The monoisotopic (exact) mass is 867 g/mol. The number of fused-ring (bicyclic) bond motifs is 6. The van der Waals surface area contributed by atoms with E-state index in [-0.39, 0.29) is 0 Å². The molecule has 0 atom stereocenters. The fraction of sp³-hybridized carbons (Fsp3) is 0. The van der Waals surface area contributed by atoms with E-state index < -0.39 is 0 Å². The van der Waals surface area contributed by atoms with Crippen molar-refractivity contribution in [3.63, 3.8) is 0 Å². The highest BCUT2D eigenvalue weighted by atomic mass is 15.2. The summed E-state index contributed by atoms with van der Waals surface area (Å²) in [6, 6.07) is 88.2. The zero-order chi connectivity index (χ0) is 45.0. The summed E-state index contributed by atoms with van der Waals surface area (Å²) in [7, 11) is 0. The lowest BCUT2D eigenvalue weighted by Gasteiger charge is -2.15. The van der Waals surface area contributed by atoms with Gasteiger partial charge in [-0.1, -0.05) is 212 Å². The van der Waals surface area contributed by atoms with E-state index in [9.17, 15) is 0 Å². The van der Waals surface area contributed by atoms with Gasteiger partial charge in [-0.05, 0) is 75.3 Å². The highest BCUT2D eigenvalue weighted by Crippen LogP contribution is 2.42. The Labute approximate surface area is 393 Å². The van der Waals surface area contributed by atoms with E-state index in [1.54, 1.807) is 0 Å². The van der Waals surface area contributed by atoms with Crippen LogP contribution in [0.3, 0.4) is 0 Å². The zero-order valence-electron chi connectivity index (χ0n) is 36.9. The zero-order valence-corrected chi connectivity index (χ0v) is 36.9. The molecule has 5 heteroatoms. The Hall–Kier alpha value is -9.19. The summed E-state index contributed by atoms with van der Waals surface area (Å²) in [4.78, 5) is 16.0. The number of para-hydroxylation sites is 3. The molecule has 13 rings (SSSR count). The van der Waals surface area contributed by atoms with Gasteiger partial charge >= 0.3 is 0 Å². The van der Waals surface area contributed by atoms with Crippen molar-refractivity contribution in [2.45, 2.75) is 0 Å². The predicted octanol–water partition coefficient (Wildman–Crippen LogP) is 16.1. The Balaban J connectivity index is 1.04. The molecule has 0 amide bonds. The SMILES string of the molecule is c1ccc(-c2ccc(-c3nc(-c4cccc(-c5ccccc5)c4)nc(-n4c5ccccc5c5cc6c7ccccc7n(-c7ccccc7-c7ccc(-c8ccccc8)cc7)c6cc54)n3)cc2)cc1. The van der Waals surface area contributed by atoms with E-state index in [1.807, 2.05) is 12.1 Å². The Bertz CT molecular complexity index is 3980. The van der Waals surface area contributed by atoms with E-state index >= 15 is 0 Å². The van der Waals surface area contributed by atoms with E-state index in [2.05, 4.69) is 246 Å². The lowest BCUT2D eigenvalue weighted by atomic mass is 9.99. The first kappa shape index (κ1) is 39.2. The largest absolute Gasteiger partial charge is 0.309 e. The first-order valence-electron chi connectivity index (χ1n) is 23.0. The highest BCUT2D eigenvalue weighted by Gasteiger charge is 2.22. The van der Waals surface area contributed by atoms with E-state index in [0.29, 0.717) is 17.6 Å². The molecule has 3 aromatic heterocycles. The van der Waals surface area contributed by atoms with Gasteiger partial charge in [0.2, 0.25) is 5.95 Å². The fourth-order valence-corrected chi connectivity index (χ4v) is 9.93. The minimum Gasteiger partial charge on any atom is -0.309 e. The molecule has 0 spiro atoms. The third-order valence-corrected chi connectivity index (χ3v) is 13.2. The molecule has 0 N–H and O–H groups in total. The quantitative estimate of drug-likeness (QED) is 0.153. The standard InChI is InChI=1S/C63H41N5/c1-4-17-42(18-5-1)45-31-35-47(36-32-45)51-25-10-13-28-56(51)67-57-29-14-11-26-52(57)54-40-55-53-27-12-15-30-58(53)68(60(55)41-59(54)67)63-65-61(48-37-33-46(34-38-48)43-19-6-2-7-20-43)64-62(66-63)50-24-16-23-49(39-50)44-21-8-3-9-22-44/h1-41H. The van der Waals surface area contributed by atoms with Crippen molar-refractivity contribution in [3.8, 4) is 78.9 Å². The van der Waals surface area contributed by atoms with E-state index in [0.717, 1.165) is 83.0 Å². The maximum absolute atomic E-state index is 5.39. The first-order chi connectivity index (χ1) is 33.7. The number of rotatable bonds is 8. The van der Waals surface area contributed by atoms with Crippen LogP contribution in [0.4, 0.5) is 0 Å². The van der Waals surface area contributed by atoms with Gasteiger partial charge in [0.05, 0.1) is 27.8 Å². The van der Waals surface area contributed by atoms with Crippen LogP contribution in [0.15, 0.2) is 249 Å². The van der Waals surface area contributed by atoms with Crippen LogP contribution in [0.2, 0.25) is 0 Å². The van der Waals surface area contributed by atoms with Crippen molar-refractivity contribution in [3.05, 3.63) is 249 Å². The van der Waals surface area contributed by atoms with Crippen LogP contribution < -0.4 is 0 Å². The highest BCUT2D eigenvalue weighted by molar-refractivity contribution is 6.19. The van der Waals surface area contributed by atoms with E-state index in [1.165, 1.54) is 21.9 Å². The van der Waals surface area contributed by atoms with Gasteiger partial charge in [-0.15, -0.1) is 0 Å². The van der Waals surface area contributed by atoms with Crippen molar-refractivity contribution in [1.29, 1.82) is 0 Å². The molecule has 0 fully saturated rings. The van der Waals surface area contributed by atoms with Crippen LogP contribution >= 0.6 is 0 Å². The summed E-state index contributed by atoms with van der Waals surface area (Å²) in [5, 5.41) is 4.63. The summed E-state index contributed by atoms with van der Waals surface area (Å²) < 4.78 is 4.66. The predicted molar refractivity (Wildman–Crippen MR) is 281 cm³/mol. The molecule has 10 aromatic carbocycles. The van der Waals surface area contributed by atoms with Crippen molar-refractivity contribution in [1.82, 2.24) is 24.1 Å². The maximum atomic E-state index is 5.39. The molecule has 0 aliphatic carbocycles. The smallest absolute Gasteiger partial charge is 0.238 e. The molecule has 0 saturated carbocycles. The van der Waals surface area contributed by atoms with Crippen LogP contribution in [0.5, 0.6) is 0 Å². The van der Waals surface area contributed by atoms with Gasteiger partial charge in [-0.3, -0.25) is 4.57 Å². The summed E-state index contributed by atoms with van der Waals surface area (Å²) >= 11 is 0. The van der Waals surface area contributed by atoms with Gasteiger partial charge in [0, 0.05) is 38.2 Å². The van der Waals surface area contributed by atoms with Gasteiger partial charge in [-0.25, -0.2) is 4.98 Å². The van der Waals surface area contributed by atoms with Crippen molar-refractivity contribution in [2.75, 3.05) is 0 Å². The number of benzene rings is 10. The minimum atomic E-state index is 0.550. The van der Waals surface area contributed by atoms with Crippen molar-refractivity contribution >= 4 is 43.6 Å². The van der Waals surface area contributed by atoms with Crippen molar-refractivity contribution in [2.24, 2.45) is 0 Å². The molecule has 0 aliphatic heterocycles. The van der Waals surface area contributed by atoms with Gasteiger partial charge in [-0.2, -0.15) is 9.97 Å². The summed E-state index contributed by atoms with van der Waals surface area (Å²) in [5.74, 6) is 1.75. The number of hydrogen-bond acceptors (Lipinski definition) is 3. The Kier molecular flexibility index (Phi) is 9.43. The summed E-state index contributed by atoms with van der Waals surface area (Å²) in [6.45, 7) is 0. The summed E-state index contributed by atoms with van der Waals surface area (Å²) in [5.41, 5.74) is 16.4. The first-order valence-corrected chi connectivity index (χ1v) is 23.0. The second-order valence-electron chi connectivity index (χ2n) is 17.2. The normalized spacial score (nSPS) is 11.5. The maximum Gasteiger partial charge on any atom is 0.238 e. The average Bonchev–Trinajstić information content (AvgIpc) is 3.92. The third kappa shape index (κ3) is 6.76.